The van der Waals surface area contributed by atoms with Crippen molar-refractivity contribution in [2.45, 2.75) is 5.16 Å². The molecule has 4 rings (SSSR count). The zero-order valence-corrected chi connectivity index (χ0v) is 16.2. The number of ether oxygens (including phenoxy) is 1. The fourth-order valence-corrected chi connectivity index (χ4v) is 3.59. The summed E-state index contributed by atoms with van der Waals surface area (Å²) in [4.78, 5) is 20.1. The number of hydrogen-bond donors (Lipinski definition) is 1. The molecule has 6 nitrogen and oxygen atoms in total. The van der Waals surface area contributed by atoms with Crippen molar-refractivity contribution < 1.29 is 13.9 Å². The van der Waals surface area contributed by atoms with Crippen molar-refractivity contribution in [3.63, 3.8) is 0 Å². The lowest BCUT2D eigenvalue weighted by molar-refractivity contribution is 0.0601. The van der Waals surface area contributed by atoms with Gasteiger partial charge in [0, 0.05) is 11.6 Å². The summed E-state index contributed by atoms with van der Waals surface area (Å²) in [6.07, 6.45) is 1.64. The number of nitrogens with one attached hydrogen (secondary N) is 1. The van der Waals surface area contributed by atoms with E-state index in [2.05, 4.69) is 16.0 Å². The predicted octanol–water partition coefficient (Wildman–Crippen LogP) is 5.27. The average Bonchev–Trinajstić information content (AvgIpc) is 3.39. The minimum atomic E-state index is -0.438. The number of esters is 1. The molecule has 0 spiro atoms. The Balaban J connectivity index is 1.61. The van der Waals surface area contributed by atoms with Crippen LogP contribution < -0.4 is 0 Å². The molecule has 0 radical (unpaired) electrons. The number of nitrogens with zero attached hydrogens (tertiary/aromatic N) is 2. The number of nitriles is 1. The number of carbonyl (C=O) groups is 1. The van der Waals surface area contributed by atoms with Gasteiger partial charge in [-0.15, -0.1) is 0 Å². The van der Waals surface area contributed by atoms with Crippen molar-refractivity contribution in [3.8, 4) is 17.4 Å². The Hall–Kier alpha value is -3.76. The monoisotopic (exact) mass is 401 g/mol. The fraction of sp³-hybridized carbons (Fsp3) is 0.0455. The highest BCUT2D eigenvalue weighted by molar-refractivity contribution is 8.03. The second-order valence-corrected chi connectivity index (χ2v) is 7.05. The van der Waals surface area contributed by atoms with Gasteiger partial charge in [-0.2, -0.15) is 5.26 Å². The molecular formula is C22H15N3O3S. The van der Waals surface area contributed by atoms with Gasteiger partial charge in [0.1, 0.15) is 17.6 Å². The maximum Gasteiger partial charge on any atom is 0.338 e. The van der Waals surface area contributed by atoms with Gasteiger partial charge in [0.15, 0.2) is 5.16 Å². The van der Waals surface area contributed by atoms with E-state index >= 15 is 0 Å². The van der Waals surface area contributed by atoms with Crippen molar-refractivity contribution in [2.75, 3.05) is 7.11 Å². The molecule has 0 atom stereocenters. The maximum absolute atomic E-state index is 12.0. The Bertz CT molecular complexity index is 1230. The number of methoxy groups -OCH3 is 1. The molecule has 0 aliphatic heterocycles. The summed E-state index contributed by atoms with van der Waals surface area (Å²) in [5, 5.41) is 10.1. The lowest BCUT2D eigenvalue weighted by Gasteiger charge is -2.04. The molecule has 2 heterocycles. The first-order valence-corrected chi connectivity index (χ1v) is 9.51. The smallest absolute Gasteiger partial charge is 0.338 e. The lowest BCUT2D eigenvalue weighted by atomic mass is 10.1. The first kappa shape index (κ1) is 18.6. The SMILES string of the molecule is COC(=O)c1ccccc1-c1ccc(/C=C(\C#N)Sc2nc3ccccc3[nH]2)o1. The van der Waals surface area contributed by atoms with Crippen molar-refractivity contribution >= 4 is 34.8 Å². The summed E-state index contributed by atoms with van der Waals surface area (Å²) in [6, 6.07) is 20.4. The molecule has 0 fully saturated rings. The third-order valence-corrected chi connectivity index (χ3v) is 5.00. The van der Waals surface area contributed by atoms with Crippen molar-refractivity contribution in [3.05, 3.63) is 76.9 Å². The van der Waals surface area contributed by atoms with Crippen LogP contribution in [0.1, 0.15) is 16.1 Å². The van der Waals surface area contributed by atoms with Crippen LogP contribution in [0.4, 0.5) is 0 Å². The summed E-state index contributed by atoms with van der Waals surface area (Å²) in [5.74, 6) is 0.579. The standard InChI is InChI=1S/C22H15N3O3S/c1-27-21(26)17-7-3-2-6-16(17)20-11-10-14(28-20)12-15(13-23)29-22-24-18-8-4-5-9-19(18)25-22/h2-12H,1H3,(H,24,25)/b15-12+. The number of H-pyrrole nitrogens is 1. The van der Waals surface area contributed by atoms with Crippen LogP contribution in [0.15, 0.2) is 75.1 Å². The van der Waals surface area contributed by atoms with E-state index < -0.39 is 5.97 Å². The first-order valence-electron chi connectivity index (χ1n) is 8.70. The molecule has 2 aromatic heterocycles. The average molecular weight is 401 g/mol. The van der Waals surface area contributed by atoms with Crippen LogP contribution in [0.25, 0.3) is 28.4 Å². The Morgan fingerprint density at radius 3 is 2.76 bits per heavy atom. The van der Waals surface area contributed by atoms with E-state index in [1.807, 2.05) is 30.3 Å². The summed E-state index contributed by atoms with van der Waals surface area (Å²) in [7, 11) is 1.34. The van der Waals surface area contributed by atoms with Crippen LogP contribution in [0.3, 0.4) is 0 Å². The third kappa shape index (κ3) is 3.93. The molecule has 4 aromatic rings. The van der Waals surface area contributed by atoms with Gasteiger partial charge in [0.25, 0.3) is 0 Å². The molecule has 0 saturated heterocycles. The lowest BCUT2D eigenvalue weighted by Crippen LogP contribution is -2.02. The van der Waals surface area contributed by atoms with Gasteiger partial charge < -0.3 is 14.1 Å². The van der Waals surface area contributed by atoms with Crippen molar-refractivity contribution in [1.29, 1.82) is 5.26 Å². The number of thioether (sulfide) groups is 1. The van der Waals surface area contributed by atoms with Crippen molar-refractivity contribution in [2.24, 2.45) is 0 Å². The highest BCUT2D eigenvalue weighted by atomic mass is 32.2. The number of hydrogen-bond acceptors (Lipinski definition) is 6. The van der Waals surface area contributed by atoms with E-state index in [-0.39, 0.29) is 0 Å². The highest BCUT2D eigenvalue weighted by Crippen LogP contribution is 2.30. The minimum Gasteiger partial charge on any atom is -0.465 e. The number of aromatic nitrogens is 2. The van der Waals surface area contributed by atoms with E-state index in [9.17, 15) is 10.1 Å². The van der Waals surface area contributed by atoms with Crippen LogP contribution in [0.5, 0.6) is 0 Å². The van der Waals surface area contributed by atoms with Gasteiger partial charge in [-0.1, -0.05) is 30.3 Å². The van der Waals surface area contributed by atoms with E-state index in [1.54, 1.807) is 36.4 Å². The van der Waals surface area contributed by atoms with E-state index in [0.29, 0.717) is 32.7 Å². The fourth-order valence-electron chi connectivity index (χ4n) is 2.86. The Morgan fingerprint density at radius 2 is 1.97 bits per heavy atom. The van der Waals surface area contributed by atoms with E-state index in [4.69, 9.17) is 9.15 Å². The first-order chi connectivity index (χ1) is 14.2. The molecule has 7 heteroatoms. The number of aromatic amines is 1. The molecule has 29 heavy (non-hydrogen) atoms. The highest BCUT2D eigenvalue weighted by Gasteiger charge is 2.15. The number of rotatable bonds is 5. The Labute approximate surface area is 170 Å². The number of imidazole rings is 1. The van der Waals surface area contributed by atoms with E-state index in [0.717, 1.165) is 11.0 Å². The number of carbonyl (C=O) groups excluding carboxylic acids is 1. The summed E-state index contributed by atoms with van der Waals surface area (Å²) in [5.41, 5.74) is 2.79. The molecule has 0 amide bonds. The third-order valence-electron chi connectivity index (χ3n) is 4.18. The maximum atomic E-state index is 12.0. The number of allylic oxidation sites excluding steroid dienone is 1. The predicted molar refractivity (Wildman–Crippen MR) is 111 cm³/mol. The largest absolute Gasteiger partial charge is 0.465 e. The molecule has 142 valence electrons. The van der Waals surface area contributed by atoms with Gasteiger partial charge in [0.05, 0.1) is 28.6 Å². The quantitative estimate of drug-likeness (QED) is 0.278. The van der Waals surface area contributed by atoms with Crippen LogP contribution in [-0.2, 0) is 4.74 Å². The van der Waals surface area contributed by atoms with Gasteiger partial charge in [-0.3, -0.25) is 0 Å². The zero-order valence-electron chi connectivity index (χ0n) is 15.4. The van der Waals surface area contributed by atoms with Gasteiger partial charge >= 0.3 is 5.97 Å². The van der Waals surface area contributed by atoms with Gasteiger partial charge in [-0.25, -0.2) is 9.78 Å². The normalized spacial score (nSPS) is 11.4. The van der Waals surface area contributed by atoms with Crippen LogP contribution in [-0.4, -0.2) is 23.0 Å². The van der Waals surface area contributed by atoms with Gasteiger partial charge in [0.2, 0.25) is 0 Å². The van der Waals surface area contributed by atoms with Crippen LogP contribution >= 0.6 is 11.8 Å². The van der Waals surface area contributed by atoms with Crippen LogP contribution in [0, 0.1) is 11.3 Å². The van der Waals surface area contributed by atoms with Crippen molar-refractivity contribution in [1.82, 2.24) is 9.97 Å². The Morgan fingerprint density at radius 1 is 1.17 bits per heavy atom. The van der Waals surface area contributed by atoms with Crippen LogP contribution in [0.2, 0.25) is 0 Å². The molecule has 2 aromatic carbocycles. The zero-order chi connectivity index (χ0) is 20.2. The summed E-state index contributed by atoms with van der Waals surface area (Å²) in [6.45, 7) is 0. The number of benzene rings is 2. The number of furan rings is 1. The number of para-hydroxylation sites is 2. The molecule has 0 aliphatic carbocycles. The summed E-state index contributed by atoms with van der Waals surface area (Å²) >= 11 is 1.23. The minimum absolute atomic E-state index is 0.414. The molecule has 1 N–H and O–H groups in total. The Kier molecular flexibility index (Phi) is 5.18. The second kappa shape index (κ2) is 8.09. The molecule has 0 aliphatic rings. The second-order valence-electron chi connectivity index (χ2n) is 6.02. The van der Waals surface area contributed by atoms with Gasteiger partial charge in [-0.05, 0) is 42.1 Å². The number of fused-ring (bicyclic) bond motifs is 1. The van der Waals surface area contributed by atoms with E-state index in [1.165, 1.54) is 18.9 Å². The topological polar surface area (TPSA) is 91.9 Å². The molecule has 0 saturated carbocycles. The molecule has 0 unspecified atom stereocenters. The molecule has 0 bridgehead atoms. The molecular weight excluding hydrogens is 386 g/mol. The summed E-state index contributed by atoms with van der Waals surface area (Å²) < 4.78 is 10.7.